The summed E-state index contributed by atoms with van der Waals surface area (Å²) in [5, 5.41) is 12.8. The molecule has 0 amide bonds. The SMILES string of the molecule is O=c1[nH]cc(Cl)c2nc(N3CCC(O)CC3)nc(Nc3cccc(C(F)(F)F)c3)c12. The Balaban J connectivity index is 1.82. The van der Waals surface area contributed by atoms with Crippen LogP contribution in [0.5, 0.6) is 0 Å². The summed E-state index contributed by atoms with van der Waals surface area (Å²) in [6, 6.07) is 4.60. The maximum absolute atomic E-state index is 13.1. The van der Waals surface area contributed by atoms with Crippen molar-refractivity contribution in [2.75, 3.05) is 23.3 Å². The fourth-order valence-corrected chi connectivity index (χ4v) is 3.51. The van der Waals surface area contributed by atoms with Gasteiger partial charge in [-0.3, -0.25) is 4.79 Å². The van der Waals surface area contributed by atoms with Gasteiger partial charge in [-0.15, -0.1) is 0 Å². The lowest BCUT2D eigenvalue weighted by molar-refractivity contribution is -0.137. The van der Waals surface area contributed by atoms with Crippen molar-refractivity contribution in [2.45, 2.75) is 25.1 Å². The van der Waals surface area contributed by atoms with Crippen molar-refractivity contribution in [3.63, 3.8) is 0 Å². The van der Waals surface area contributed by atoms with Crippen molar-refractivity contribution in [1.82, 2.24) is 15.0 Å². The molecular formula is C19H17ClF3N5O2. The molecule has 0 unspecified atom stereocenters. The highest BCUT2D eigenvalue weighted by Gasteiger charge is 2.30. The van der Waals surface area contributed by atoms with Crippen LogP contribution < -0.4 is 15.8 Å². The monoisotopic (exact) mass is 439 g/mol. The number of hydrogen-bond donors (Lipinski definition) is 3. The number of aromatic nitrogens is 3. The van der Waals surface area contributed by atoms with Crippen molar-refractivity contribution >= 4 is 40.0 Å². The Hall–Kier alpha value is -2.85. The molecule has 1 saturated heterocycles. The lowest BCUT2D eigenvalue weighted by atomic mass is 10.1. The van der Waals surface area contributed by atoms with E-state index in [1.165, 1.54) is 18.3 Å². The number of rotatable bonds is 3. The number of hydrogen-bond acceptors (Lipinski definition) is 6. The molecule has 0 radical (unpaired) electrons. The average Bonchev–Trinajstić information content (AvgIpc) is 2.70. The number of piperidine rings is 1. The second-order valence-corrected chi connectivity index (χ2v) is 7.39. The van der Waals surface area contributed by atoms with Crippen LogP contribution >= 0.6 is 11.6 Å². The van der Waals surface area contributed by atoms with Crippen LogP contribution in [0.3, 0.4) is 0 Å². The Kier molecular flexibility index (Phi) is 5.29. The number of aliphatic hydroxyl groups is 1. The van der Waals surface area contributed by atoms with Crippen LogP contribution in [0.4, 0.5) is 30.6 Å². The van der Waals surface area contributed by atoms with Crippen LogP contribution in [0, 0.1) is 0 Å². The third-order valence-corrected chi connectivity index (χ3v) is 5.17. The van der Waals surface area contributed by atoms with Gasteiger partial charge < -0.3 is 20.3 Å². The Bertz CT molecular complexity index is 1140. The zero-order chi connectivity index (χ0) is 21.5. The summed E-state index contributed by atoms with van der Waals surface area (Å²) in [5.41, 5.74) is -1.05. The molecule has 1 aromatic carbocycles. The van der Waals surface area contributed by atoms with Gasteiger partial charge >= 0.3 is 6.18 Å². The molecule has 0 bridgehead atoms. The van der Waals surface area contributed by atoms with Gasteiger partial charge in [0.05, 0.1) is 16.7 Å². The Morgan fingerprint density at radius 3 is 2.67 bits per heavy atom. The maximum Gasteiger partial charge on any atom is 0.416 e. The van der Waals surface area contributed by atoms with Crippen LogP contribution in [0.1, 0.15) is 18.4 Å². The predicted octanol–water partition coefficient (Wildman–Crippen LogP) is 3.70. The number of nitrogens with one attached hydrogen (secondary N) is 2. The molecule has 0 saturated carbocycles. The Labute approximate surface area is 173 Å². The van der Waals surface area contributed by atoms with Gasteiger partial charge in [0, 0.05) is 25.0 Å². The van der Waals surface area contributed by atoms with Crippen molar-refractivity contribution in [3.8, 4) is 0 Å². The van der Waals surface area contributed by atoms with Gasteiger partial charge in [-0.05, 0) is 31.0 Å². The minimum Gasteiger partial charge on any atom is -0.393 e. The number of fused-ring (bicyclic) bond motifs is 1. The largest absolute Gasteiger partial charge is 0.416 e. The highest BCUT2D eigenvalue weighted by Crippen LogP contribution is 2.33. The molecule has 30 heavy (non-hydrogen) atoms. The van der Waals surface area contributed by atoms with Gasteiger partial charge in [-0.2, -0.15) is 18.2 Å². The molecule has 3 heterocycles. The number of aromatic amines is 1. The second-order valence-electron chi connectivity index (χ2n) is 6.98. The topological polar surface area (TPSA) is 94.1 Å². The third kappa shape index (κ3) is 4.05. The molecule has 158 valence electrons. The smallest absolute Gasteiger partial charge is 0.393 e. The average molecular weight is 440 g/mol. The number of alkyl halides is 3. The first-order valence-corrected chi connectivity index (χ1v) is 9.56. The first kappa shape index (κ1) is 20.4. The molecule has 1 fully saturated rings. The molecular weight excluding hydrogens is 423 g/mol. The van der Waals surface area contributed by atoms with Crippen molar-refractivity contribution < 1.29 is 18.3 Å². The van der Waals surface area contributed by atoms with E-state index in [1.807, 2.05) is 4.90 Å². The standard InChI is InChI=1S/C19H17ClF3N5O2/c20-13-9-24-17(30)14-15(13)26-18(28-6-4-12(29)5-7-28)27-16(14)25-11-3-1-2-10(8-11)19(21,22)23/h1-3,8-9,12,29H,4-7H2,(H,24,30)(H,25,26,27). The zero-order valence-corrected chi connectivity index (χ0v) is 16.3. The van der Waals surface area contributed by atoms with Crippen molar-refractivity contribution in [3.05, 3.63) is 51.4 Å². The minimum absolute atomic E-state index is 0.0423. The number of anilines is 3. The van der Waals surface area contributed by atoms with E-state index < -0.39 is 23.4 Å². The second kappa shape index (κ2) is 7.77. The fourth-order valence-electron chi connectivity index (χ4n) is 3.31. The molecule has 2 aromatic heterocycles. The molecule has 0 spiro atoms. The number of pyridine rings is 1. The van der Waals surface area contributed by atoms with Crippen LogP contribution in [0.2, 0.25) is 5.02 Å². The van der Waals surface area contributed by atoms with Crippen molar-refractivity contribution in [1.29, 1.82) is 0 Å². The van der Waals surface area contributed by atoms with Gasteiger partial charge in [0.15, 0.2) is 0 Å². The van der Waals surface area contributed by atoms with E-state index in [-0.39, 0.29) is 33.4 Å². The normalized spacial score (nSPS) is 15.6. The Morgan fingerprint density at radius 2 is 1.97 bits per heavy atom. The van der Waals surface area contributed by atoms with Crippen molar-refractivity contribution in [2.24, 2.45) is 0 Å². The third-order valence-electron chi connectivity index (χ3n) is 4.88. The summed E-state index contributed by atoms with van der Waals surface area (Å²) < 4.78 is 39.2. The Morgan fingerprint density at radius 1 is 1.23 bits per heavy atom. The molecule has 0 aliphatic carbocycles. The summed E-state index contributed by atoms with van der Waals surface area (Å²) in [7, 11) is 0. The minimum atomic E-state index is -4.51. The first-order valence-electron chi connectivity index (χ1n) is 9.18. The summed E-state index contributed by atoms with van der Waals surface area (Å²) in [6.07, 6.45) is -2.55. The fraction of sp³-hybridized carbons (Fsp3) is 0.316. The number of halogens is 4. The van der Waals surface area contributed by atoms with E-state index in [9.17, 15) is 23.1 Å². The first-order chi connectivity index (χ1) is 14.2. The number of nitrogens with zero attached hydrogens (tertiary/aromatic N) is 3. The van der Waals surface area contributed by atoms with E-state index in [0.29, 0.717) is 25.9 Å². The predicted molar refractivity (Wildman–Crippen MR) is 107 cm³/mol. The summed E-state index contributed by atoms with van der Waals surface area (Å²) >= 11 is 6.23. The maximum atomic E-state index is 13.1. The molecule has 7 nitrogen and oxygen atoms in total. The van der Waals surface area contributed by atoms with Gasteiger partial charge in [0.2, 0.25) is 5.95 Å². The van der Waals surface area contributed by atoms with E-state index in [0.717, 1.165) is 12.1 Å². The molecule has 3 aromatic rings. The summed E-state index contributed by atoms with van der Waals surface area (Å²) in [5.74, 6) is 0.320. The molecule has 1 aliphatic rings. The molecule has 0 atom stereocenters. The van der Waals surface area contributed by atoms with Crippen LogP contribution in [-0.2, 0) is 6.18 Å². The van der Waals surface area contributed by atoms with E-state index in [2.05, 4.69) is 20.3 Å². The number of aliphatic hydroxyl groups excluding tert-OH is 1. The van der Waals surface area contributed by atoms with Gasteiger partial charge in [0.1, 0.15) is 16.7 Å². The van der Waals surface area contributed by atoms with E-state index in [1.54, 1.807) is 0 Å². The van der Waals surface area contributed by atoms with E-state index >= 15 is 0 Å². The van der Waals surface area contributed by atoms with E-state index in [4.69, 9.17) is 11.6 Å². The molecule has 11 heteroatoms. The van der Waals surface area contributed by atoms with Crippen LogP contribution in [0.25, 0.3) is 10.9 Å². The lowest BCUT2D eigenvalue weighted by Crippen LogP contribution is -2.37. The highest BCUT2D eigenvalue weighted by molar-refractivity contribution is 6.35. The lowest BCUT2D eigenvalue weighted by Gasteiger charge is -2.30. The summed E-state index contributed by atoms with van der Waals surface area (Å²) in [4.78, 5) is 25.6. The summed E-state index contributed by atoms with van der Waals surface area (Å²) in [6.45, 7) is 0.993. The number of H-pyrrole nitrogens is 1. The highest BCUT2D eigenvalue weighted by atomic mass is 35.5. The quantitative estimate of drug-likeness (QED) is 0.576. The molecule has 4 rings (SSSR count). The number of benzene rings is 1. The van der Waals surface area contributed by atoms with Crippen LogP contribution in [-0.4, -0.2) is 39.3 Å². The van der Waals surface area contributed by atoms with Crippen LogP contribution in [0.15, 0.2) is 35.3 Å². The zero-order valence-electron chi connectivity index (χ0n) is 15.5. The van der Waals surface area contributed by atoms with Gasteiger partial charge in [-0.1, -0.05) is 17.7 Å². The van der Waals surface area contributed by atoms with Gasteiger partial charge in [0.25, 0.3) is 5.56 Å². The molecule has 1 aliphatic heterocycles. The molecule has 3 N–H and O–H groups in total. The van der Waals surface area contributed by atoms with Gasteiger partial charge in [-0.25, -0.2) is 4.98 Å².